The maximum Gasteiger partial charge on any atom is 0.295 e. The van der Waals surface area contributed by atoms with Crippen LogP contribution in [-0.4, -0.2) is 25.2 Å². The molecule has 2 aromatic rings. The number of aromatic nitrogens is 3. The summed E-state index contributed by atoms with van der Waals surface area (Å²) in [6.07, 6.45) is 0. The number of hydrogen-bond acceptors (Lipinski definition) is 6. The maximum absolute atomic E-state index is 11.0. The average Bonchev–Trinajstić information content (AvgIpc) is 2.67. The van der Waals surface area contributed by atoms with Crippen LogP contribution < -0.4 is 11.1 Å². The van der Waals surface area contributed by atoms with Gasteiger partial charge in [0.15, 0.2) is 0 Å². The first kappa shape index (κ1) is 13.8. The van der Waals surface area contributed by atoms with E-state index in [1.165, 1.54) is 10.7 Å². The summed E-state index contributed by atoms with van der Waals surface area (Å²) in [6.45, 7) is 5.86. The Morgan fingerprint density at radius 2 is 2.00 bits per heavy atom. The molecule has 0 spiro atoms. The number of nitrogens with two attached hydrogens (primary N) is 1. The molecule has 0 radical (unpaired) electrons. The van der Waals surface area contributed by atoms with Crippen LogP contribution in [0.4, 0.5) is 17.6 Å². The number of para-hydroxylation sites is 2. The van der Waals surface area contributed by atoms with Gasteiger partial charge in [-0.2, -0.15) is 9.67 Å². The summed E-state index contributed by atoms with van der Waals surface area (Å²) in [5.41, 5.74) is 5.76. The van der Waals surface area contributed by atoms with Crippen LogP contribution >= 0.6 is 0 Å². The number of nitrogen functional groups attached to an aromatic ring is 1. The second-order valence-corrected chi connectivity index (χ2v) is 5.33. The summed E-state index contributed by atoms with van der Waals surface area (Å²) >= 11 is 0. The van der Waals surface area contributed by atoms with Gasteiger partial charge in [-0.3, -0.25) is 10.1 Å². The van der Waals surface area contributed by atoms with Gasteiger partial charge < -0.3 is 11.1 Å². The van der Waals surface area contributed by atoms with Gasteiger partial charge >= 0.3 is 0 Å². The van der Waals surface area contributed by atoms with E-state index in [2.05, 4.69) is 15.4 Å². The molecule has 2 rings (SSSR count). The molecule has 3 N–H and O–H groups in total. The van der Waals surface area contributed by atoms with E-state index in [0.717, 1.165) is 0 Å². The number of nitrogens with one attached hydrogen (secondary N) is 1. The molecule has 106 valence electrons. The molecule has 0 aliphatic heterocycles. The minimum atomic E-state index is -0.479. The topological polar surface area (TPSA) is 112 Å². The normalized spacial score (nSPS) is 11.3. The fraction of sp³-hybridized carbons (Fsp3) is 0.333. The zero-order valence-corrected chi connectivity index (χ0v) is 11.5. The van der Waals surface area contributed by atoms with Crippen molar-refractivity contribution in [2.24, 2.45) is 0 Å². The van der Waals surface area contributed by atoms with E-state index in [1.807, 2.05) is 20.8 Å². The lowest BCUT2D eigenvalue weighted by atomic mass is 10.1. The number of hydrogen-bond donors (Lipinski definition) is 2. The van der Waals surface area contributed by atoms with Crippen molar-refractivity contribution in [3.8, 4) is 5.69 Å². The highest BCUT2D eigenvalue weighted by atomic mass is 16.6. The molecule has 1 heterocycles. The highest BCUT2D eigenvalue weighted by molar-refractivity contribution is 5.55. The summed E-state index contributed by atoms with van der Waals surface area (Å²) in [6, 6.07) is 6.24. The first-order chi connectivity index (χ1) is 9.28. The van der Waals surface area contributed by atoms with Gasteiger partial charge in [-0.15, -0.1) is 5.10 Å². The van der Waals surface area contributed by atoms with Gasteiger partial charge in [0.25, 0.3) is 5.69 Å². The van der Waals surface area contributed by atoms with E-state index < -0.39 is 4.92 Å². The Morgan fingerprint density at radius 3 is 2.60 bits per heavy atom. The largest absolute Gasteiger partial charge is 0.368 e. The second kappa shape index (κ2) is 4.80. The van der Waals surface area contributed by atoms with Crippen LogP contribution in [0.3, 0.4) is 0 Å². The lowest BCUT2D eigenvalue weighted by molar-refractivity contribution is -0.384. The van der Waals surface area contributed by atoms with Gasteiger partial charge in [-0.25, -0.2) is 0 Å². The molecular weight excluding hydrogens is 260 g/mol. The average molecular weight is 276 g/mol. The van der Waals surface area contributed by atoms with E-state index in [9.17, 15) is 10.1 Å². The van der Waals surface area contributed by atoms with Crippen LogP contribution in [0, 0.1) is 10.1 Å². The Hall–Kier alpha value is -2.64. The summed E-state index contributed by atoms with van der Waals surface area (Å²) in [5.74, 6) is 0.416. The first-order valence-corrected chi connectivity index (χ1v) is 6.02. The molecule has 0 saturated carbocycles. The number of rotatable bonds is 3. The van der Waals surface area contributed by atoms with Gasteiger partial charge in [-0.1, -0.05) is 12.1 Å². The van der Waals surface area contributed by atoms with E-state index in [1.54, 1.807) is 18.2 Å². The first-order valence-electron chi connectivity index (χ1n) is 6.02. The number of anilines is 2. The third-order valence-corrected chi connectivity index (χ3v) is 2.43. The Morgan fingerprint density at radius 1 is 1.35 bits per heavy atom. The van der Waals surface area contributed by atoms with Crippen LogP contribution in [0.1, 0.15) is 20.8 Å². The third-order valence-electron chi connectivity index (χ3n) is 2.43. The molecule has 0 saturated heterocycles. The van der Waals surface area contributed by atoms with Crippen molar-refractivity contribution in [3.05, 3.63) is 34.4 Å². The highest BCUT2D eigenvalue weighted by Gasteiger charge is 2.20. The molecule has 0 atom stereocenters. The van der Waals surface area contributed by atoms with E-state index in [0.29, 0.717) is 5.95 Å². The van der Waals surface area contributed by atoms with Crippen LogP contribution in [0.25, 0.3) is 5.69 Å². The number of nitrogens with zero attached hydrogens (tertiary/aromatic N) is 4. The molecule has 20 heavy (non-hydrogen) atoms. The summed E-state index contributed by atoms with van der Waals surface area (Å²) in [4.78, 5) is 14.6. The molecule has 0 unspecified atom stereocenters. The van der Waals surface area contributed by atoms with E-state index in [-0.39, 0.29) is 22.9 Å². The smallest absolute Gasteiger partial charge is 0.295 e. The fourth-order valence-corrected chi connectivity index (χ4v) is 1.69. The van der Waals surface area contributed by atoms with E-state index >= 15 is 0 Å². The lowest BCUT2D eigenvalue weighted by Crippen LogP contribution is -2.26. The van der Waals surface area contributed by atoms with Crippen molar-refractivity contribution in [1.82, 2.24) is 14.8 Å². The second-order valence-electron chi connectivity index (χ2n) is 5.33. The van der Waals surface area contributed by atoms with Crippen molar-refractivity contribution in [2.45, 2.75) is 26.3 Å². The maximum atomic E-state index is 11.0. The molecule has 1 aromatic carbocycles. The zero-order chi connectivity index (χ0) is 14.9. The molecule has 8 nitrogen and oxygen atoms in total. The summed E-state index contributed by atoms with van der Waals surface area (Å²) in [7, 11) is 0. The van der Waals surface area contributed by atoms with Crippen LogP contribution in [0.15, 0.2) is 24.3 Å². The van der Waals surface area contributed by atoms with Crippen molar-refractivity contribution in [1.29, 1.82) is 0 Å². The van der Waals surface area contributed by atoms with E-state index in [4.69, 9.17) is 5.73 Å². The van der Waals surface area contributed by atoms with Gasteiger partial charge in [-0.05, 0) is 26.8 Å². The zero-order valence-electron chi connectivity index (χ0n) is 11.5. The van der Waals surface area contributed by atoms with Gasteiger partial charge in [0.05, 0.1) is 4.92 Å². The van der Waals surface area contributed by atoms with Crippen LogP contribution in [0.2, 0.25) is 0 Å². The lowest BCUT2D eigenvalue weighted by Gasteiger charge is -2.18. The van der Waals surface area contributed by atoms with Crippen molar-refractivity contribution in [3.63, 3.8) is 0 Å². The minimum absolute atomic E-state index is 0.0774. The SMILES string of the molecule is CC(C)(C)Nc1nc(N)n(-c2ccccc2[N+](=O)[O-])n1. The highest BCUT2D eigenvalue weighted by Crippen LogP contribution is 2.24. The van der Waals surface area contributed by atoms with Gasteiger partial charge in [0.2, 0.25) is 11.9 Å². The predicted molar refractivity (Wildman–Crippen MR) is 75.8 cm³/mol. The Kier molecular flexibility index (Phi) is 3.31. The molecule has 0 bridgehead atoms. The molecule has 8 heteroatoms. The van der Waals surface area contributed by atoms with Crippen LogP contribution in [0.5, 0.6) is 0 Å². The molecular formula is C12H16N6O2. The molecule has 1 aromatic heterocycles. The molecule has 0 aliphatic carbocycles. The number of nitro benzene ring substituents is 1. The van der Waals surface area contributed by atoms with Crippen molar-refractivity contribution < 1.29 is 4.92 Å². The van der Waals surface area contributed by atoms with Crippen molar-refractivity contribution in [2.75, 3.05) is 11.1 Å². The van der Waals surface area contributed by atoms with Crippen LogP contribution in [-0.2, 0) is 0 Å². The van der Waals surface area contributed by atoms with Crippen molar-refractivity contribution >= 4 is 17.6 Å². The third kappa shape index (κ3) is 2.85. The van der Waals surface area contributed by atoms with Gasteiger partial charge in [0.1, 0.15) is 5.69 Å². The molecule has 0 aliphatic rings. The Balaban J connectivity index is 2.47. The summed E-state index contributed by atoms with van der Waals surface area (Å²) < 4.78 is 1.26. The Bertz CT molecular complexity index is 644. The molecule has 0 fully saturated rings. The standard InChI is InChI=1S/C12H16N6O2/c1-12(2,3)15-11-14-10(13)17(16-11)8-6-4-5-7-9(8)18(19)20/h4-7H,1-3H3,(H3,13,14,15,16). The monoisotopic (exact) mass is 276 g/mol. The number of benzene rings is 1. The van der Waals surface area contributed by atoms with Gasteiger partial charge in [0, 0.05) is 11.6 Å². The Labute approximate surface area is 115 Å². The fourth-order valence-electron chi connectivity index (χ4n) is 1.69. The predicted octanol–water partition coefficient (Wildman–Crippen LogP) is 1.97. The molecule has 0 amide bonds. The minimum Gasteiger partial charge on any atom is -0.368 e. The number of nitro groups is 1. The quantitative estimate of drug-likeness (QED) is 0.654. The summed E-state index contributed by atoms with van der Waals surface area (Å²) in [5, 5.41) is 18.3.